The second kappa shape index (κ2) is 11.0. The van der Waals surface area contributed by atoms with Gasteiger partial charge in [-0.15, -0.1) is 0 Å². The molecule has 0 amide bonds. The van der Waals surface area contributed by atoms with E-state index in [0.717, 1.165) is 41.7 Å². The summed E-state index contributed by atoms with van der Waals surface area (Å²) in [6, 6.07) is 23.7. The van der Waals surface area contributed by atoms with E-state index in [1.165, 1.54) is 9.87 Å². The minimum Gasteiger partial charge on any atom is -0.489 e. The fraction of sp³-hybridized carbons (Fsp3) is 0.438. The minimum absolute atomic E-state index is 0.146. The molecule has 0 aliphatic heterocycles. The van der Waals surface area contributed by atoms with Crippen molar-refractivity contribution in [2.75, 3.05) is 14.1 Å². The zero-order valence-electron chi connectivity index (χ0n) is 24.0. The molecule has 3 aromatic rings. The van der Waals surface area contributed by atoms with Crippen LogP contribution in [0.1, 0.15) is 55.9 Å². The van der Waals surface area contributed by atoms with E-state index < -0.39 is 31.2 Å². The van der Waals surface area contributed by atoms with Crippen molar-refractivity contribution in [1.29, 1.82) is 0 Å². The Labute approximate surface area is 241 Å². The lowest BCUT2D eigenvalue weighted by atomic mass is 9.71. The summed E-state index contributed by atoms with van der Waals surface area (Å²) in [5.74, 6) is 1.02. The summed E-state index contributed by atoms with van der Waals surface area (Å²) in [6.07, 6.45) is 3.23. The highest BCUT2D eigenvalue weighted by Gasteiger charge is 2.54. The third kappa shape index (κ3) is 5.51. The molecule has 2 aliphatic rings. The molecule has 1 fully saturated rings. The predicted molar refractivity (Wildman–Crippen MR) is 161 cm³/mol. The summed E-state index contributed by atoms with van der Waals surface area (Å²) >= 11 is 0. The van der Waals surface area contributed by atoms with Crippen molar-refractivity contribution < 1.29 is 17.4 Å². The minimum atomic E-state index is -3.70. The molecular weight excluding hydrogens is 540 g/mol. The van der Waals surface area contributed by atoms with Crippen LogP contribution in [0.3, 0.4) is 0 Å². The Morgan fingerprint density at radius 2 is 1.70 bits per heavy atom. The van der Waals surface area contributed by atoms with E-state index in [4.69, 9.17) is 4.74 Å². The molecule has 0 spiro atoms. The first kappa shape index (κ1) is 29.0. The quantitative estimate of drug-likeness (QED) is 0.388. The third-order valence-corrected chi connectivity index (χ3v) is 11.9. The molecule has 214 valence electrons. The first-order valence-electron chi connectivity index (χ1n) is 13.9. The number of sulfonamides is 1. The summed E-state index contributed by atoms with van der Waals surface area (Å²) in [5.41, 5.74) is 3.77. The van der Waals surface area contributed by atoms with Crippen LogP contribution >= 0.6 is 0 Å². The second-order valence-corrected chi connectivity index (χ2v) is 16.4. The molecule has 0 aromatic heterocycles. The van der Waals surface area contributed by atoms with Crippen molar-refractivity contribution in [3.63, 3.8) is 0 Å². The van der Waals surface area contributed by atoms with Gasteiger partial charge in [0.15, 0.2) is 0 Å². The Morgan fingerprint density at radius 3 is 2.40 bits per heavy atom. The Hall–Kier alpha value is -2.52. The van der Waals surface area contributed by atoms with Gasteiger partial charge in [0.1, 0.15) is 12.4 Å². The van der Waals surface area contributed by atoms with Crippen LogP contribution in [0.15, 0.2) is 77.7 Å². The van der Waals surface area contributed by atoms with Crippen molar-refractivity contribution in [1.82, 2.24) is 9.03 Å². The number of fused-ring (bicyclic) bond motifs is 3. The van der Waals surface area contributed by atoms with Gasteiger partial charge in [0, 0.05) is 25.6 Å². The summed E-state index contributed by atoms with van der Waals surface area (Å²) in [6.45, 7) is 6.39. The van der Waals surface area contributed by atoms with Crippen LogP contribution in [0.2, 0.25) is 0 Å². The number of benzene rings is 3. The van der Waals surface area contributed by atoms with Crippen molar-refractivity contribution in [3.8, 4) is 5.75 Å². The molecule has 2 aliphatic carbocycles. The molecule has 40 heavy (non-hydrogen) atoms. The van der Waals surface area contributed by atoms with Crippen molar-refractivity contribution >= 4 is 21.0 Å². The topological polar surface area (TPSA) is 75.7 Å². The zero-order chi connectivity index (χ0) is 28.7. The third-order valence-electron chi connectivity index (χ3n) is 8.41. The van der Waals surface area contributed by atoms with Gasteiger partial charge >= 0.3 is 0 Å². The van der Waals surface area contributed by atoms with E-state index in [2.05, 4.69) is 16.9 Å². The van der Waals surface area contributed by atoms with E-state index in [9.17, 15) is 12.6 Å². The number of hydrogen-bond donors (Lipinski definition) is 1. The molecule has 1 N–H and O–H groups in total. The molecule has 6 nitrogen and oxygen atoms in total. The molecular formula is C32H40N2O4S2. The van der Waals surface area contributed by atoms with Gasteiger partial charge in [0.25, 0.3) is 0 Å². The normalized spacial score (nSPS) is 23.4. The van der Waals surface area contributed by atoms with Gasteiger partial charge in [0.05, 0.1) is 20.6 Å². The highest BCUT2D eigenvalue weighted by molar-refractivity contribution is 7.89. The molecule has 0 heterocycles. The van der Waals surface area contributed by atoms with Gasteiger partial charge in [-0.2, -0.15) is 0 Å². The Kier molecular flexibility index (Phi) is 8.00. The lowest BCUT2D eigenvalue weighted by molar-refractivity contribution is 0.305. The molecule has 1 saturated carbocycles. The molecule has 2 bridgehead atoms. The number of rotatable bonds is 8. The van der Waals surface area contributed by atoms with E-state index in [-0.39, 0.29) is 12.0 Å². The van der Waals surface area contributed by atoms with Crippen molar-refractivity contribution in [2.24, 2.45) is 5.92 Å². The average molecular weight is 581 g/mol. The maximum atomic E-state index is 13.6. The Balaban J connectivity index is 1.60. The van der Waals surface area contributed by atoms with E-state index in [1.54, 1.807) is 26.2 Å². The van der Waals surface area contributed by atoms with Crippen molar-refractivity contribution in [2.45, 2.75) is 74.2 Å². The van der Waals surface area contributed by atoms with Gasteiger partial charge in [0.2, 0.25) is 10.0 Å². The first-order valence-corrected chi connectivity index (χ1v) is 16.5. The van der Waals surface area contributed by atoms with Crippen LogP contribution < -0.4 is 9.46 Å². The predicted octanol–water partition coefficient (Wildman–Crippen LogP) is 5.38. The second-order valence-electron chi connectivity index (χ2n) is 12.3. The lowest BCUT2D eigenvalue weighted by Crippen LogP contribution is -2.52. The molecule has 3 aromatic carbocycles. The smallest absolute Gasteiger partial charge is 0.242 e. The fourth-order valence-corrected chi connectivity index (χ4v) is 8.45. The van der Waals surface area contributed by atoms with Crippen LogP contribution in [0.25, 0.3) is 0 Å². The fourth-order valence-electron chi connectivity index (χ4n) is 6.25. The van der Waals surface area contributed by atoms with Crippen molar-refractivity contribution in [3.05, 3.63) is 95.1 Å². The SMILES string of the molecule is CN(C)S(=O)(=O)c1ccccc1[C@@]12CC[C@@H](Cc3ccc(OCc4ccccc4)cc3C1)C2NS(=O)C(C)(C)C. The van der Waals surface area contributed by atoms with Gasteiger partial charge in [-0.1, -0.05) is 54.6 Å². The molecule has 4 atom stereocenters. The Bertz CT molecular complexity index is 1500. The van der Waals surface area contributed by atoms with E-state index >= 15 is 0 Å². The molecule has 0 saturated heterocycles. The van der Waals surface area contributed by atoms with Crippen LogP contribution in [-0.2, 0) is 45.9 Å². The van der Waals surface area contributed by atoms with Gasteiger partial charge < -0.3 is 4.74 Å². The zero-order valence-corrected chi connectivity index (χ0v) is 25.6. The van der Waals surface area contributed by atoms with Crippen LogP contribution in [-0.4, -0.2) is 41.8 Å². The molecule has 0 radical (unpaired) electrons. The monoisotopic (exact) mass is 580 g/mol. The highest BCUT2D eigenvalue weighted by Crippen LogP contribution is 2.52. The number of nitrogens with one attached hydrogen (secondary N) is 1. The van der Waals surface area contributed by atoms with Crippen LogP contribution in [0.5, 0.6) is 5.75 Å². The number of ether oxygens (including phenoxy) is 1. The van der Waals surface area contributed by atoms with E-state index in [0.29, 0.717) is 17.9 Å². The highest BCUT2D eigenvalue weighted by atomic mass is 32.2. The average Bonchev–Trinajstić information content (AvgIpc) is 3.18. The largest absolute Gasteiger partial charge is 0.489 e. The summed E-state index contributed by atoms with van der Waals surface area (Å²) in [7, 11) is -1.86. The maximum absolute atomic E-state index is 13.6. The molecule has 8 heteroatoms. The molecule has 2 unspecified atom stereocenters. The number of nitrogens with zero attached hydrogens (tertiary/aromatic N) is 1. The van der Waals surface area contributed by atoms with Gasteiger partial charge in [-0.05, 0) is 92.8 Å². The lowest BCUT2D eigenvalue weighted by Gasteiger charge is -2.39. The standard InChI is InChI=1S/C32H40N2O4S2/c1-31(2,3)39(35)33-30-25-17-18-32(30,28-13-9-10-14-29(28)40(36,37)34(4)5)21-26-20-27(16-15-24(26)19-25)38-22-23-11-7-6-8-12-23/h6-16,20,25,30,33H,17-19,21-22H2,1-5H3/t25-,30?,32+,39?/m0/s1. The summed E-state index contributed by atoms with van der Waals surface area (Å²) in [5, 5.41) is 0. The summed E-state index contributed by atoms with van der Waals surface area (Å²) < 4.78 is 51.3. The number of hydrogen-bond acceptors (Lipinski definition) is 4. The van der Waals surface area contributed by atoms with Gasteiger partial charge in [-0.25, -0.2) is 21.7 Å². The molecule has 5 rings (SSSR count). The maximum Gasteiger partial charge on any atom is 0.242 e. The van der Waals surface area contributed by atoms with Crippen LogP contribution in [0.4, 0.5) is 0 Å². The Morgan fingerprint density at radius 1 is 1.00 bits per heavy atom. The van der Waals surface area contributed by atoms with Crippen LogP contribution in [0, 0.1) is 5.92 Å². The van der Waals surface area contributed by atoms with Gasteiger partial charge in [-0.3, -0.25) is 0 Å². The summed E-state index contributed by atoms with van der Waals surface area (Å²) in [4.78, 5) is 0.328. The van der Waals surface area contributed by atoms with E-state index in [1.807, 2.05) is 69.3 Å². The first-order chi connectivity index (χ1) is 18.9.